The van der Waals surface area contributed by atoms with Gasteiger partial charge in [-0.2, -0.15) is 4.98 Å². The van der Waals surface area contributed by atoms with Gasteiger partial charge in [0, 0.05) is 0 Å². The molecule has 146 valence electrons. The van der Waals surface area contributed by atoms with Gasteiger partial charge in [-0.1, -0.05) is 24.3 Å². The Balaban J connectivity index is 1.89. The van der Waals surface area contributed by atoms with Crippen LogP contribution in [0.3, 0.4) is 0 Å². The van der Waals surface area contributed by atoms with Crippen molar-refractivity contribution in [3.05, 3.63) is 60.6 Å². The van der Waals surface area contributed by atoms with E-state index in [1.165, 1.54) is 7.11 Å². The van der Waals surface area contributed by atoms with Crippen LogP contribution in [0, 0.1) is 0 Å². The van der Waals surface area contributed by atoms with Gasteiger partial charge in [-0.25, -0.2) is 14.8 Å². The lowest BCUT2D eigenvalue weighted by Crippen LogP contribution is -2.15. The highest BCUT2D eigenvalue weighted by atomic mass is 16.5. The minimum atomic E-state index is -0.668. The van der Waals surface area contributed by atoms with Gasteiger partial charge in [-0.15, -0.1) is 0 Å². The number of aromatic nitrogens is 4. The van der Waals surface area contributed by atoms with Crippen molar-refractivity contribution >= 4 is 34.2 Å². The summed E-state index contributed by atoms with van der Waals surface area (Å²) < 4.78 is 11.9. The number of esters is 1. The number of anilines is 3. The molecule has 0 aliphatic heterocycles. The number of imidazole rings is 1. The highest BCUT2D eigenvalue weighted by Crippen LogP contribution is 2.31. The van der Waals surface area contributed by atoms with Gasteiger partial charge in [0.05, 0.1) is 30.9 Å². The summed E-state index contributed by atoms with van der Waals surface area (Å²) in [6.45, 7) is 0. The number of carbonyl (C=O) groups excluding carboxylic acids is 1. The fraction of sp³-hybridized carbons (Fsp3) is 0.100. The van der Waals surface area contributed by atoms with E-state index < -0.39 is 5.97 Å². The highest BCUT2D eigenvalue weighted by molar-refractivity contribution is 5.96. The number of nitrogens with two attached hydrogens (primary N) is 1. The van der Waals surface area contributed by atoms with Gasteiger partial charge >= 0.3 is 5.97 Å². The van der Waals surface area contributed by atoms with E-state index in [2.05, 4.69) is 20.3 Å². The van der Waals surface area contributed by atoms with Crippen LogP contribution in [0.2, 0.25) is 0 Å². The second-order valence-electron chi connectivity index (χ2n) is 6.05. The molecule has 0 radical (unpaired) electrons. The average Bonchev–Trinajstić information content (AvgIpc) is 3.19. The molecule has 4 aromatic rings. The second-order valence-corrected chi connectivity index (χ2v) is 6.05. The summed E-state index contributed by atoms with van der Waals surface area (Å²) in [6, 6.07) is 14.8. The Bertz CT molecular complexity index is 1200. The predicted molar refractivity (Wildman–Crippen MR) is 109 cm³/mol. The third kappa shape index (κ3) is 3.29. The maximum Gasteiger partial charge on any atom is 0.359 e. The largest absolute Gasteiger partial charge is 0.495 e. The zero-order valence-corrected chi connectivity index (χ0v) is 15.8. The summed E-state index contributed by atoms with van der Waals surface area (Å²) in [5.74, 6) is 0.404. The quantitative estimate of drug-likeness (QED) is 0.500. The normalized spacial score (nSPS) is 10.7. The molecule has 0 unspecified atom stereocenters. The van der Waals surface area contributed by atoms with Gasteiger partial charge < -0.3 is 20.5 Å². The number of rotatable bonds is 5. The molecule has 0 fully saturated rings. The fourth-order valence-corrected chi connectivity index (χ4v) is 2.91. The fourth-order valence-electron chi connectivity index (χ4n) is 2.91. The van der Waals surface area contributed by atoms with E-state index in [-0.39, 0.29) is 23.1 Å². The maximum atomic E-state index is 12.3. The van der Waals surface area contributed by atoms with E-state index in [0.29, 0.717) is 11.4 Å². The van der Waals surface area contributed by atoms with Crippen LogP contribution < -0.4 is 15.8 Å². The number of nitrogen functional groups attached to an aromatic ring is 1. The summed E-state index contributed by atoms with van der Waals surface area (Å²) in [4.78, 5) is 25.5. The third-order valence-electron chi connectivity index (χ3n) is 4.34. The first-order chi connectivity index (χ1) is 14.1. The lowest BCUT2D eigenvalue weighted by molar-refractivity contribution is 0.0595. The van der Waals surface area contributed by atoms with E-state index in [1.807, 2.05) is 42.5 Å². The number of benzene rings is 2. The van der Waals surface area contributed by atoms with Gasteiger partial charge in [-0.3, -0.25) is 4.57 Å². The van der Waals surface area contributed by atoms with Gasteiger partial charge in [0.2, 0.25) is 5.95 Å². The number of ether oxygens (including phenoxy) is 2. The van der Waals surface area contributed by atoms with Crippen LogP contribution >= 0.6 is 0 Å². The first-order valence-electron chi connectivity index (χ1n) is 8.70. The predicted octanol–water partition coefficient (Wildman–Crippen LogP) is 2.94. The molecule has 29 heavy (non-hydrogen) atoms. The number of nitrogens with zero attached hydrogens (tertiary/aromatic N) is 4. The third-order valence-corrected chi connectivity index (χ3v) is 4.34. The van der Waals surface area contributed by atoms with E-state index in [1.54, 1.807) is 24.1 Å². The van der Waals surface area contributed by atoms with Crippen molar-refractivity contribution in [2.75, 3.05) is 25.3 Å². The van der Waals surface area contributed by atoms with Crippen molar-refractivity contribution in [1.29, 1.82) is 0 Å². The van der Waals surface area contributed by atoms with E-state index in [9.17, 15) is 4.79 Å². The minimum absolute atomic E-state index is 0.0484. The van der Waals surface area contributed by atoms with Crippen LogP contribution in [0.5, 0.6) is 5.75 Å². The summed E-state index contributed by atoms with van der Waals surface area (Å²) in [5, 5.41) is 3.12. The zero-order valence-electron chi connectivity index (χ0n) is 15.8. The Kier molecular flexibility index (Phi) is 4.70. The highest BCUT2D eigenvalue weighted by Gasteiger charge is 2.21. The summed E-state index contributed by atoms with van der Waals surface area (Å²) in [6.07, 6.45) is 1.59. The van der Waals surface area contributed by atoms with E-state index >= 15 is 0 Å². The smallest absolute Gasteiger partial charge is 0.359 e. The molecule has 0 aliphatic rings. The molecular weight excluding hydrogens is 372 g/mol. The molecule has 0 saturated carbocycles. The van der Waals surface area contributed by atoms with Crippen molar-refractivity contribution in [2.24, 2.45) is 0 Å². The lowest BCUT2D eigenvalue weighted by atomic mass is 10.2. The molecule has 0 amide bonds. The Morgan fingerprint density at radius 1 is 1.07 bits per heavy atom. The van der Waals surface area contributed by atoms with Crippen LogP contribution in [0.15, 0.2) is 54.9 Å². The minimum Gasteiger partial charge on any atom is -0.495 e. The number of nitrogens with one attached hydrogen (secondary N) is 1. The molecule has 9 nitrogen and oxygen atoms in total. The molecule has 0 atom stereocenters. The molecule has 3 N–H and O–H groups in total. The van der Waals surface area contributed by atoms with Crippen molar-refractivity contribution < 1.29 is 14.3 Å². The SMILES string of the molecule is COC(=O)c1nc(-n2cnc3ccccc32)nc(Nc2ccccc2OC)c1N. The zero-order chi connectivity index (χ0) is 20.4. The number of hydrogen-bond donors (Lipinski definition) is 2. The Labute approximate surface area is 166 Å². The van der Waals surface area contributed by atoms with Crippen molar-refractivity contribution in [2.45, 2.75) is 0 Å². The molecule has 0 bridgehead atoms. The standard InChI is InChI=1S/C20H18N6O3/c1-28-15-10-6-4-8-13(15)23-18-16(21)17(19(27)29-2)24-20(25-18)26-11-22-12-7-3-5-9-14(12)26/h3-11H,21H2,1-2H3,(H,23,24,25). The molecule has 0 saturated heterocycles. The Morgan fingerprint density at radius 3 is 2.62 bits per heavy atom. The molecule has 0 spiro atoms. The second kappa shape index (κ2) is 7.47. The Morgan fingerprint density at radius 2 is 1.83 bits per heavy atom. The van der Waals surface area contributed by atoms with Crippen molar-refractivity contribution in [1.82, 2.24) is 19.5 Å². The molecule has 2 aromatic heterocycles. The summed E-state index contributed by atoms with van der Waals surface area (Å²) in [5.41, 5.74) is 8.39. The van der Waals surface area contributed by atoms with Gasteiger partial charge in [0.1, 0.15) is 17.8 Å². The molecule has 9 heteroatoms. The van der Waals surface area contributed by atoms with Crippen molar-refractivity contribution in [3.8, 4) is 11.7 Å². The van der Waals surface area contributed by atoms with Gasteiger partial charge in [-0.05, 0) is 24.3 Å². The summed E-state index contributed by atoms with van der Waals surface area (Å²) in [7, 11) is 2.83. The molecule has 2 aromatic carbocycles. The van der Waals surface area contributed by atoms with E-state index in [0.717, 1.165) is 11.0 Å². The maximum absolute atomic E-state index is 12.3. The average molecular weight is 390 g/mol. The van der Waals surface area contributed by atoms with Crippen LogP contribution in [0.1, 0.15) is 10.5 Å². The first kappa shape index (κ1) is 18.2. The number of hydrogen-bond acceptors (Lipinski definition) is 8. The Hall–Kier alpha value is -4.14. The number of carbonyl (C=O) groups is 1. The van der Waals surface area contributed by atoms with Gasteiger partial charge in [0.15, 0.2) is 11.5 Å². The number of fused-ring (bicyclic) bond motifs is 1. The lowest BCUT2D eigenvalue weighted by Gasteiger charge is -2.15. The van der Waals surface area contributed by atoms with E-state index in [4.69, 9.17) is 15.2 Å². The van der Waals surface area contributed by atoms with Crippen molar-refractivity contribution in [3.63, 3.8) is 0 Å². The van der Waals surface area contributed by atoms with Gasteiger partial charge in [0.25, 0.3) is 0 Å². The molecule has 0 aliphatic carbocycles. The monoisotopic (exact) mass is 390 g/mol. The van der Waals surface area contributed by atoms with Crippen LogP contribution in [-0.2, 0) is 4.74 Å². The summed E-state index contributed by atoms with van der Waals surface area (Å²) >= 11 is 0. The molecule has 2 heterocycles. The van der Waals surface area contributed by atoms with Crippen LogP contribution in [0.4, 0.5) is 17.2 Å². The number of methoxy groups -OCH3 is 2. The molecule has 4 rings (SSSR count). The molecular formula is C20H18N6O3. The van der Waals surface area contributed by atoms with Crippen LogP contribution in [-0.4, -0.2) is 39.7 Å². The van der Waals surface area contributed by atoms with Crippen LogP contribution in [0.25, 0.3) is 17.0 Å². The topological polar surface area (TPSA) is 117 Å². The first-order valence-corrected chi connectivity index (χ1v) is 8.70. The number of para-hydroxylation sites is 4.